The second kappa shape index (κ2) is 9.79. The molecule has 0 bridgehead atoms. The van der Waals surface area contributed by atoms with Crippen LogP contribution >= 0.6 is 11.6 Å². The monoisotopic (exact) mass is 219 g/mol. The van der Waals surface area contributed by atoms with E-state index in [1.807, 2.05) is 0 Å². The summed E-state index contributed by atoms with van der Waals surface area (Å²) in [6.45, 7) is 7.67. The third-order valence-electron chi connectivity index (χ3n) is 2.45. The molecule has 0 aliphatic heterocycles. The summed E-state index contributed by atoms with van der Waals surface area (Å²) in [5.74, 6) is 0. The van der Waals surface area contributed by atoms with E-state index in [-0.39, 0.29) is 5.38 Å². The third kappa shape index (κ3) is 10.3. The Morgan fingerprint density at radius 1 is 1.07 bits per heavy atom. The molecule has 14 heavy (non-hydrogen) atoms. The first-order valence-electron chi connectivity index (χ1n) is 6.04. The van der Waals surface area contributed by atoms with Crippen molar-refractivity contribution >= 4 is 11.6 Å². The first kappa shape index (κ1) is 14.2. The quantitative estimate of drug-likeness (QED) is 0.458. The van der Waals surface area contributed by atoms with E-state index < -0.39 is 0 Å². The maximum atomic E-state index is 5.91. The summed E-state index contributed by atoms with van der Waals surface area (Å²) < 4.78 is 0. The first-order chi connectivity index (χ1) is 6.66. The van der Waals surface area contributed by atoms with E-state index in [9.17, 15) is 0 Å². The smallest absolute Gasteiger partial charge is 0.0322 e. The van der Waals surface area contributed by atoms with Gasteiger partial charge < -0.3 is 5.32 Å². The largest absolute Gasteiger partial charge is 0.314 e. The fourth-order valence-corrected chi connectivity index (χ4v) is 1.91. The molecule has 1 nitrogen and oxygen atoms in total. The van der Waals surface area contributed by atoms with Crippen molar-refractivity contribution in [3.8, 4) is 0 Å². The van der Waals surface area contributed by atoms with Gasteiger partial charge in [-0.3, -0.25) is 0 Å². The predicted octanol–water partition coefficient (Wildman–Crippen LogP) is 3.95. The third-order valence-corrected chi connectivity index (χ3v) is 2.63. The number of halogens is 1. The highest BCUT2D eigenvalue weighted by Gasteiger charge is 2.04. The molecule has 0 heterocycles. The normalized spacial score (nSPS) is 15.4. The summed E-state index contributed by atoms with van der Waals surface area (Å²) in [5, 5.41) is 3.80. The lowest BCUT2D eigenvalue weighted by Crippen LogP contribution is -2.28. The molecule has 0 radical (unpaired) electrons. The zero-order valence-electron chi connectivity index (χ0n) is 9.98. The van der Waals surface area contributed by atoms with Crippen LogP contribution in [-0.2, 0) is 0 Å². The lowest BCUT2D eigenvalue weighted by atomic mass is 10.1. The van der Waals surface area contributed by atoms with Gasteiger partial charge in [0.2, 0.25) is 0 Å². The molecular formula is C12H26ClN. The van der Waals surface area contributed by atoms with Gasteiger partial charge in [-0.15, -0.1) is 11.6 Å². The Labute approximate surface area is 94.6 Å². The van der Waals surface area contributed by atoms with Crippen LogP contribution in [0.15, 0.2) is 0 Å². The molecule has 0 rings (SSSR count). The van der Waals surface area contributed by atoms with Crippen molar-refractivity contribution in [2.75, 3.05) is 6.54 Å². The highest BCUT2D eigenvalue weighted by molar-refractivity contribution is 6.20. The minimum Gasteiger partial charge on any atom is -0.314 e. The molecule has 1 N–H and O–H groups in total. The molecule has 2 atom stereocenters. The van der Waals surface area contributed by atoms with Crippen LogP contribution in [0.1, 0.15) is 59.3 Å². The lowest BCUT2D eigenvalue weighted by molar-refractivity contribution is 0.491. The van der Waals surface area contributed by atoms with Gasteiger partial charge in [0, 0.05) is 11.4 Å². The number of rotatable bonds is 9. The Hall–Kier alpha value is 0.250. The minimum atomic E-state index is 0.289. The van der Waals surface area contributed by atoms with E-state index in [2.05, 4.69) is 26.1 Å². The Bertz CT molecular complexity index is 115. The van der Waals surface area contributed by atoms with Crippen molar-refractivity contribution in [1.29, 1.82) is 0 Å². The average Bonchev–Trinajstić information content (AvgIpc) is 2.10. The molecule has 0 aromatic rings. The van der Waals surface area contributed by atoms with Gasteiger partial charge in [0.1, 0.15) is 0 Å². The Morgan fingerprint density at radius 2 is 1.71 bits per heavy atom. The molecule has 0 aromatic heterocycles. The van der Waals surface area contributed by atoms with Gasteiger partial charge in [-0.1, -0.05) is 32.6 Å². The molecule has 0 spiro atoms. The SMILES string of the molecule is CCCCCCCNC(C)CC(C)Cl. The van der Waals surface area contributed by atoms with Crippen LogP contribution < -0.4 is 5.32 Å². The highest BCUT2D eigenvalue weighted by Crippen LogP contribution is 2.05. The molecule has 86 valence electrons. The fourth-order valence-electron chi connectivity index (χ4n) is 1.65. The second-order valence-electron chi connectivity index (χ2n) is 4.29. The second-order valence-corrected chi connectivity index (χ2v) is 5.03. The van der Waals surface area contributed by atoms with Crippen LogP contribution in [0.3, 0.4) is 0 Å². The Kier molecular flexibility index (Phi) is 9.97. The van der Waals surface area contributed by atoms with E-state index in [4.69, 9.17) is 11.6 Å². The predicted molar refractivity (Wildman–Crippen MR) is 66.2 cm³/mol. The Morgan fingerprint density at radius 3 is 2.29 bits per heavy atom. The summed E-state index contributed by atoms with van der Waals surface area (Å²) in [4.78, 5) is 0. The zero-order chi connectivity index (χ0) is 10.8. The van der Waals surface area contributed by atoms with Crippen molar-refractivity contribution in [2.24, 2.45) is 0 Å². The van der Waals surface area contributed by atoms with Crippen LogP contribution in [0, 0.1) is 0 Å². The standard InChI is InChI=1S/C12H26ClN/c1-4-5-6-7-8-9-14-12(3)10-11(2)13/h11-12,14H,4-10H2,1-3H3. The van der Waals surface area contributed by atoms with Gasteiger partial charge in [0.05, 0.1) is 0 Å². The molecule has 2 unspecified atom stereocenters. The van der Waals surface area contributed by atoms with Gasteiger partial charge >= 0.3 is 0 Å². The first-order valence-corrected chi connectivity index (χ1v) is 6.48. The van der Waals surface area contributed by atoms with E-state index in [0.29, 0.717) is 6.04 Å². The lowest BCUT2D eigenvalue weighted by Gasteiger charge is -2.14. The maximum absolute atomic E-state index is 5.91. The summed E-state index contributed by atoms with van der Waals surface area (Å²) in [6.07, 6.45) is 7.84. The van der Waals surface area contributed by atoms with Gasteiger partial charge in [-0.2, -0.15) is 0 Å². The van der Waals surface area contributed by atoms with Crippen molar-refractivity contribution in [3.05, 3.63) is 0 Å². The van der Waals surface area contributed by atoms with E-state index in [0.717, 1.165) is 13.0 Å². The average molecular weight is 220 g/mol. The topological polar surface area (TPSA) is 12.0 Å². The van der Waals surface area contributed by atoms with Crippen molar-refractivity contribution < 1.29 is 0 Å². The molecule has 0 saturated heterocycles. The molecule has 0 fully saturated rings. The van der Waals surface area contributed by atoms with Crippen LogP contribution in [0.5, 0.6) is 0 Å². The zero-order valence-corrected chi connectivity index (χ0v) is 10.7. The molecule has 0 aromatic carbocycles. The molecule has 0 amide bonds. The summed E-state index contributed by atoms with van der Waals surface area (Å²) >= 11 is 5.91. The highest BCUT2D eigenvalue weighted by atomic mass is 35.5. The van der Waals surface area contributed by atoms with Crippen LogP contribution in [0.4, 0.5) is 0 Å². The summed E-state index contributed by atoms with van der Waals surface area (Å²) in [5.41, 5.74) is 0. The van der Waals surface area contributed by atoms with Gasteiger partial charge in [-0.05, 0) is 33.2 Å². The molecule has 0 aliphatic rings. The fraction of sp³-hybridized carbons (Fsp3) is 1.00. The molecule has 0 aliphatic carbocycles. The van der Waals surface area contributed by atoms with Crippen LogP contribution in [0.2, 0.25) is 0 Å². The summed E-state index contributed by atoms with van der Waals surface area (Å²) in [6, 6.07) is 0.564. The Balaban J connectivity index is 3.10. The van der Waals surface area contributed by atoms with Crippen LogP contribution in [0.25, 0.3) is 0 Å². The molecular weight excluding hydrogens is 194 g/mol. The van der Waals surface area contributed by atoms with E-state index in [1.165, 1.54) is 32.1 Å². The van der Waals surface area contributed by atoms with Crippen molar-refractivity contribution in [2.45, 2.75) is 70.7 Å². The van der Waals surface area contributed by atoms with Crippen LogP contribution in [-0.4, -0.2) is 18.0 Å². The molecule has 0 saturated carbocycles. The molecule has 2 heteroatoms. The van der Waals surface area contributed by atoms with Gasteiger partial charge in [0.25, 0.3) is 0 Å². The van der Waals surface area contributed by atoms with E-state index >= 15 is 0 Å². The van der Waals surface area contributed by atoms with Crippen molar-refractivity contribution in [3.63, 3.8) is 0 Å². The number of alkyl halides is 1. The minimum absolute atomic E-state index is 0.289. The number of hydrogen-bond donors (Lipinski definition) is 1. The number of hydrogen-bond acceptors (Lipinski definition) is 1. The number of nitrogens with one attached hydrogen (secondary N) is 1. The van der Waals surface area contributed by atoms with Crippen molar-refractivity contribution in [1.82, 2.24) is 5.32 Å². The van der Waals surface area contributed by atoms with Gasteiger partial charge in [0.15, 0.2) is 0 Å². The van der Waals surface area contributed by atoms with Gasteiger partial charge in [-0.25, -0.2) is 0 Å². The van der Waals surface area contributed by atoms with E-state index in [1.54, 1.807) is 0 Å². The summed E-state index contributed by atoms with van der Waals surface area (Å²) in [7, 11) is 0. The number of unbranched alkanes of at least 4 members (excludes halogenated alkanes) is 4. The maximum Gasteiger partial charge on any atom is 0.0322 e.